The first-order chi connectivity index (χ1) is 18.7. The summed E-state index contributed by atoms with van der Waals surface area (Å²) >= 11 is 0. The molecule has 3 aromatic carbocycles. The van der Waals surface area contributed by atoms with E-state index in [2.05, 4.69) is 9.97 Å². The molecular weight excluding hydrogens is 500 g/mol. The summed E-state index contributed by atoms with van der Waals surface area (Å²) in [6, 6.07) is 21.6. The molecule has 6 rings (SSSR count). The molecule has 2 aliphatic rings. The minimum atomic E-state index is -1.74. The van der Waals surface area contributed by atoms with E-state index >= 15 is 0 Å². The zero-order valence-electron chi connectivity index (χ0n) is 21.5. The van der Waals surface area contributed by atoms with Gasteiger partial charge in [-0.1, -0.05) is 54.6 Å². The maximum absolute atomic E-state index is 13.5. The van der Waals surface area contributed by atoms with Gasteiger partial charge in [0, 0.05) is 23.2 Å². The van der Waals surface area contributed by atoms with Gasteiger partial charge < -0.3 is 24.7 Å². The standard InChI is InChI=1S/C29H28N4O6/c1-28(2)38-17-20(39-28)16-32(27(35)36)26-30-23-13-12-19(14-24(23)31-26)29(37)22-11-7-6-10-21(22)25(34)33(29)15-18-8-4-3-5-9-18/h3-14,20,37H,15-17H2,1-2H3,(H,30,31)(H,35,36)/t20-,29?/m0/s1. The highest BCUT2D eigenvalue weighted by atomic mass is 16.7. The molecule has 2 aliphatic heterocycles. The Bertz CT molecular complexity index is 1570. The number of nitrogens with zero attached hydrogens (tertiary/aromatic N) is 3. The highest BCUT2D eigenvalue weighted by molar-refractivity contribution is 6.00. The molecule has 4 aromatic rings. The number of benzene rings is 3. The van der Waals surface area contributed by atoms with Crippen LogP contribution in [0.2, 0.25) is 0 Å². The van der Waals surface area contributed by atoms with Crippen molar-refractivity contribution in [1.29, 1.82) is 0 Å². The predicted molar refractivity (Wildman–Crippen MR) is 142 cm³/mol. The lowest BCUT2D eigenvalue weighted by molar-refractivity contribution is -0.137. The van der Waals surface area contributed by atoms with Crippen molar-refractivity contribution < 1.29 is 29.3 Å². The zero-order chi connectivity index (χ0) is 27.4. The fraction of sp³-hybridized carbons (Fsp3) is 0.276. The summed E-state index contributed by atoms with van der Waals surface area (Å²) in [4.78, 5) is 35.7. The molecule has 0 bridgehead atoms. The van der Waals surface area contributed by atoms with Crippen molar-refractivity contribution in [3.8, 4) is 0 Å². The van der Waals surface area contributed by atoms with Gasteiger partial charge in [0.1, 0.15) is 6.10 Å². The first kappa shape index (κ1) is 25.1. The third-order valence-electron chi connectivity index (χ3n) is 7.16. The number of aliphatic hydroxyl groups is 1. The molecule has 1 fully saturated rings. The smallest absolute Gasteiger partial charge is 0.414 e. The average Bonchev–Trinajstić information content (AvgIpc) is 3.56. The second-order valence-corrected chi connectivity index (χ2v) is 10.2. The minimum absolute atomic E-state index is 0.0299. The van der Waals surface area contributed by atoms with Crippen LogP contribution in [-0.4, -0.2) is 62.1 Å². The van der Waals surface area contributed by atoms with Crippen LogP contribution in [0.3, 0.4) is 0 Å². The van der Waals surface area contributed by atoms with Crippen molar-refractivity contribution in [3.05, 3.63) is 95.1 Å². The van der Waals surface area contributed by atoms with E-state index in [-0.39, 0.29) is 31.6 Å². The zero-order valence-corrected chi connectivity index (χ0v) is 21.5. The van der Waals surface area contributed by atoms with Crippen molar-refractivity contribution >= 4 is 29.0 Å². The quantitative estimate of drug-likeness (QED) is 0.344. The van der Waals surface area contributed by atoms with Gasteiger partial charge in [-0.25, -0.2) is 14.7 Å². The number of aromatic amines is 1. The number of carbonyl (C=O) groups is 2. The van der Waals surface area contributed by atoms with Crippen LogP contribution in [0.5, 0.6) is 0 Å². The Morgan fingerprint density at radius 3 is 2.59 bits per heavy atom. The van der Waals surface area contributed by atoms with Crippen LogP contribution in [0.4, 0.5) is 10.7 Å². The molecule has 10 heteroatoms. The number of rotatable bonds is 6. The van der Waals surface area contributed by atoms with Gasteiger partial charge in [-0.3, -0.25) is 9.69 Å². The molecule has 39 heavy (non-hydrogen) atoms. The second-order valence-electron chi connectivity index (χ2n) is 10.2. The molecule has 0 aliphatic carbocycles. The van der Waals surface area contributed by atoms with Gasteiger partial charge in [0.25, 0.3) is 5.91 Å². The largest absolute Gasteiger partial charge is 0.465 e. The molecule has 0 spiro atoms. The Morgan fingerprint density at radius 2 is 1.87 bits per heavy atom. The first-order valence-corrected chi connectivity index (χ1v) is 12.7. The summed E-state index contributed by atoms with van der Waals surface area (Å²) in [5.41, 5.74) is 1.53. The predicted octanol–water partition coefficient (Wildman–Crippen LogP) is 4.05. The van der Waals surface area contributed by atoms with E-state index in [4.69, 9.17) is 9.47 Å². The lowest BCUT2D eigenvalue weighted by Gasteiger charge is -2.35. The van der Waals surface area contributed by atoms with Gasteiger partial charge in [0.15, 0.2) is 11.5 Å². The molecule has 200 valence electrons. The van der Waals surface area contributed by atoms with Gasteiger partial charge in [-0.05, 0) is 37.6 Å². The Morgan fingerprint density at radius 1 is 1.13 bits per heavy atom. The highest BCUT2D eigenvalue weighted by Crippen LogP contribution is 2.43. The van der Waals surface area contributed by atoms with E-state index in [1.807, 2.05) is 30.3 Å². The van der Waals surface area contributed by atoms with Crippen LogP contribution in [-0.2, 0) is 21.7 Å². The SMILES string of the molecule is CC1(C)OC[C@H](CN(C(=O)O)c2nc3ccc(C4(O)c5ccccc5C(=O)N4Cc4ccccc4)cc3[nH]2)O1. The van der Waals surface area contributed by atoms with Crippen molar-refractivity contribution in [2.24, 2.45) is 0 Å². The Balaban J connectivity index is 1.38. The number of hydrogen-bond donors (Lipinski definition) is 3. The minimum Gasteiger partial charge on any atom is -0.465 e. The fourth-order valence-electron chi connectivity index (χ4n) is 5.33. The van der Waals surface area contributed by atoms with Crippen LogP contribution in [0.25, 0.3) is 11.0 Å². The molecular formula is C29H28N4O6. The molecule has 1 aromatic heterocycles. The topological polar surface area (TPSA) is 128 Å². The number of amides is 2. The Hall–Kier alpha value is -4.25. The molecule has 2 atom stereocenters. The molecule has 1 saturated heterocycles. The van der Waals surface area contributed by atoms with Crippen LogP contribution in [0.1, 0.15) is 40.9 Å². The number of nitrogens with one attached hydrogen (secondary N) is 1. The summed E-state index contributed by atoms with van der Waals surface area (Å²) in [6.45, 7) is 4.04. The molecule has 2 amide bonds. The molecule has 10 nitrogen and oxygen atoms in total. The number of carbonyl (C=O) groups excluding carboxylic acids is 1. The molecule has 0 saturated carbocycles. The number of imidazole rings is 1. The summed E-state index contributed by atoms with van der Waals surface area (Å²) in [5.74, 6) is -0.937. The monoisotopic (exact) mass is 528 g/mol. The van der Waals surface area contributed by atoms with Crippen LogP contribution in [0, 0.1) is 0 Å². The van der Waals surface area contributed by atoms with E-state index in [9.17, 15) is 19.8 Å². The van der Waals surface area contributed by atoms with E-state index < -0.39 is 23.7 Å². The van der Waals surface area contributed by atoms with Crippen LogP contribution < -0.4 is 4.90 Å². The van der Waals surface area contributed by atoms with Gasteiger partial charge in [-0.15, -0.1) is 0 Å². The number of carboxylic acid groups (broad SMARTS) is 1. The van der Waals surface area contributed by atoms with Crippen molar-refractivity contribution in [2.45, 2.75) is 38.0 Å². The summed E-state index contributed by atoms with van der Waals surface area (Å²) in [5, 5.41) is 22.2. The molecule has 3 N–H and O–H groups in total. The van der Waals surface area contributed by atoms with Gasteiger partial charge in [0.05, 0.1) is 24.2 Å². The second kappa shape index (κ2) is 9.19. The summed E-state index contributed by atoms with van der Waals surface area (Å²) in [7, 11) is 0. The van der Waals surface area contributed by atoms with Crippen LogP contribution in [0.15, 0.2) is 72.8 Å². The maximum Gasteiger partial charge on any atom is 0.414 e. The lowest BCUT2D eigenvalue weighted by atomic mass is 9.93. The third-order valence-corrected chi connectivity index (χ3v) is 7.16. The number of anilines is 1. The Labute approximate surface area is 224 Å². The number of H-pyrrole nitrogens is 1. The lowest BCUT2D eigenvalue weighted by Crippen LogP contribution is -2.44. The van der Waals surface area contributed by atoms with Crippen molar-refractivity contribution in [3.63, 3.8) is 0 Å². The summed E-state index contributed by atoms with van der Waals surface area (Å²) in [6.07, 6.45) is -1.64. The molecule has 3 heterocycles. The average molecular weight is 529 g/mol. The number of hydrogen-bond acceptors (Lipinski definition) is 6. The Kier molecular flexibility index (Phi) is 5.91. The fourth-order valence-corrected chi connectivity index (χ4v) is 5.33. The van der Waals surface area contributed by atoms with E-state index in [1.54, 1.807) is 56.3 Å². The van der Waals surface area contributed by atoms with E-state index in [0.29, 0.717) is 27.7 Å². The summed E-state index contributed by atoms with van der Waals surface area (Å²) < 4.78 is 11.4. The molecule has 1 unspecified atom stereocenters. The number of ether oxygens (including phenoxy) is 2. The molecule has 0 radical (unpaired) electrons. The third kappa shape index (κ3) is 4.32. The van der Waals surface area contributed by atoms with Crippen molar-refractivity contribution in [1.82, 2.24) is 14.9 Å². The number of fused-ring (bicyclic) bond motifs is 2. The van der Waals surface area contributed by atoms with Gasteiger partial charge in [0.2, 0.25) is 5.95 Å². The first-order valence-electron chi connectivity index (χ1n) is 12.7. The van der Waals surface area contributed by atoms with Gasteiger partial charge >= 0.3 is 6.09 Å². The number of aromatic nitrogens is 2. The van der Waals surface area contributed by atoms with Gasteiger partial charge in [-0.2, -0.15) is 0 Å². The van der Waals surface area contributed by atoms with E-state index in [0.717, 1.165) is 10.5 Å². The van der Waals surface area contributed by atoms with E-state index in [1.165, 1.54) is 4.90 Å². The van der Waals surface area contributed by atoms with Crippen molar-refractivity contribution in [2.75, 3.05) is 18.1 Å². The highest BCUT2D eigenvalue weighted by Gasteiger charge is 2.49. The van der Waals surface area contributed by atoms with Crippen LogP contribution >= 0.6 is 0 Å². The maximum atomic E-state index is 13.5. The normalized spacial score (nSPS) is 21.9.